The van der Waals surface area contributed by atoms with Gasteiger partial charge in [0, 0.05) is 39.3 Å². The molecule has 0 bridgehead atoms. The molecule has 150 valence electrons. The fourth-order valence-electron chi connectivity index (χ4n) is 5.16. The lowest BCUT2D eigenvalue weighted by molar-refractivity contribution is -0.188. The number of carbonyl (C=O) groups excluding carboxylic acids is 2. The first-order valence-electron chi connectivity index (χ1n) is 10.0. The number of amides is 2. The van der Waals surface area contributed by atoms with Crippen LogP contribution >= 0.6 is 0 Å². The monoisotopic (exact) mass is 379 g/mol. The quantitative estimate of drug-likeness (QED) is 0.693. The topological polar surface area (TPSA) is 90.4 Å². The van der Waals surface area contributed by atoms with Gasteiger partial charge in [0.25, 0.3) is 0 Å². The number of rotatable bonds is 4. The van der Waals surface area contributed by atoms with Crippen LogP contribution < -0.4 is 0 Å². The number of carbonyl (C=O) groups is 3. The maximum atomic E-state index is 13.0. The second kappa shape index (κ2) is 7.05. The number of morpholine rings is 1. The first kappa shape index (κ1) is 18.7. The molecule has 0 aromatic carbocycles. The summed E-state index contributed by atoms with van der Waals surface area (Å²) in [6.07, 6.45) is 4.24. The summed E-state index contributed by atoms with van der Waals surface area (Å²) in [7, 11) is 0. The van der Waals surface area contributed by atoms with E-state index in [0.29, 0.717) is 58.8 Å². The van der Waals surface area contributed by atoms with Gasteiger partial charge >= 0.3 is 5.97 Å². The number of carboxylic acid groups (broad SMARTS) is 1. The highest BCUT2D eigenvalue weighted by Gasteiger charge is 2.65. The minimum absolute atomic E-state index is 0.0778. The molecular weight excluding hydrogens is 350 g/mol. The molecule has 2 heterocycles. The van der Waals surface area contributed by atoms with Crippen LogP contribution in [0.3, 0.4) is 0 Å². The van der Waals surface area contributed by atoms with Crippen LogP contribution in [0.25, 0.3) is 0 Å². The molecule has 1 N–H and O–H groups in total. The van der Waals surface area contributed by atoms with E-state index in [4.69, 9.17) is 4.74 Å². The van der Waals surface area contributed by atoms with E-state index in [-0.39, 0.29) is 17.2 Å². The maximum Gasteiger partial charge on any atom is 0.319 e. The van der Waals surface area contributed by atoms with Crippen molar-refractivity contribution in [1.29, 1.82) is 0 Å². The molecule has 2 saturated heterocycles. The van der Waals surface area contributed by atoms with Gasteiger partial charge in [-0.25, -0.2) is 0 Å². The number of aliphatic carboxylic acids is 1. The standard InChI is InChI=1S/C19H29N3O5/c23-15(12-20-8-10-27-11-9-20)21-4-6-22(7-5-21)16(24)19(17(25)26)13-18(14-19)2-1-3-18/h1-14H2,(H,25,26). The zero-order valence-corrected chi connectivity index (χ0v) is 15.8. The lowest BCUT2D eigenvalue weighted by Crippen LogP contribution is -2.64. The van der Waals surface area contributed by atoms with Crippen LogP contribution in [-0.2, 0) is 19.1 Å². The molecule has 0 aromatic heterocycles. The van der Waals surface area contributed by atoms with Crippen molar-refractivity contribution >= 4 is 17.8 Å². The summed E-state index contributed by atoms with van der Waals surface area (Å²) in [6.45, 7) is 5.07. The zero-order chi connectivity index (χ0) is 19.1. The molecule has 2 amide bonds. The highest BCUT2D eigenvalue weighted by atomic mass is 16.5. The van der Waals surface area contributed by atoms with E-state index >= 15 is 0 Å². The van der Waals surface area contributed by atoms with Crippen LogP contribution in [0.4, 0.5) is 0 Å². The van der Waals surface area contributed by atoms with Gasteiger partial charge in [-0.05, 0) is 31.1 Å². The van der Waals surface area contributed by atoms with E-state index in [1.54, 1.807) is 9.80 Å². The first-order valence-corrected chi connectivity index (χ1v) is 10.0. The fraction of sp³-hybridized carbons (Fsp3) is 0.842. The van der Waals surface area contributed by atoms with Gasteiger partial charge in [0.1, 0.15) is 5.41 Å². The third kappa shape index (κ3) is 3.33. The largest absolute Gasteiger partial charge is 0.480 e. The molecule has 4 aliphatic rings. The van der Waals surface area contributed by atoms with Crippen molar-refractivity contribution in [3.05, 3.63) is 0 Å². The molecule has 0 radical (unpaired) electrons. The lowest BCUT2D eigenvalue weighted by atomic mass is 9.45. The molecule has 4 fully saturated rings. The average Bonchev–Trinajstić information content (AvgIpc) is 2.60. The minimum Gasteiger partial charge on any atom is -0.480 e. The van der Waals surface area contributed by atoms with Crippen LogP contribution in [0.1, 0.15) is 32.1 Å². The van der Waals surface area contributed by atoms with Crippen LogP contribution in [-0.4, -0.2) is 96.6 Å². The Hall–Kier alpha value is -1.67. The SMILES string of the molecule is O=C(CN1CCOCC1)N1CCN(C(=O)C2(C(=O)O)CC3(CCC3)C2)CC1. The van der Waals surface area contributed by atoms with Crippen LogP contribution in [0.5, 0.6) is 0 Å². The highest BCUT2D eigenvalue weighted by molar-refractivity contribution is 6.03. The second-order valence-corrected chi connectivity index (χ2v) is 8.66. The van der Waals surface area contributed by atoms with Gasteiger partial charge in [0.15, 0.2) is 0 Å². The summed E-state index contributed by atoms with van der Waals surface area (Å²) in [5, 5.41) is 9.73. The molecule has 8 heteroatoms. The van der Waals surface area contributed by atoms with Gasteiger partial charge in [-0.15, -0.1) is 0 Å². The van der Waals surface area contributed by atoms with E-state index in [0.717, 1.165) is 32.4 Å². The Morgan fingerprint density at radius 2 is 1.48 bits per heavy atom. The molecule has 2 saturated carbocycles. The Morgan fingerprint density at radius 3 is 2.00 bits per heavy atom. The number of nitrogens with zero attached hydrogens (tertiary/aromatic N) is 3. The number of hydrogen-bond acceptors (Lipinski definition) is 5. The van der Waals surface area contributed by atoms with Crippen LogP contribution in [0.15, 0.2) is 0 Å². The highest BCUT2D eigenvalue weighted by Crippen LogP contribution is 2.65. The van der Waals surface area contributed by atoms with Gasteiger partial charge in [-0.3, -0.25) is 19.3 Å². The molecule has 2 aliphatic carbocycles. The van der Waals surface area contributed by atoms with E-state index in [9.17, 15) is 19.5 Å². The number of piperazine rings is 1. The van der Waals surface area contributed by atoms with Gasteiger partial charge in [-0.1, -0.05) is 6.42 Å². The Morgan fingerprint density at radius 1 is 0.889 bits per heavy atom. The van der Waals surface area contributed by atoms with Crippen molar-refractivity contribution in [2.75, 3.05) is 59.0 Å². The van der Waals surface area contributed by atoms with Gasteiger partial charge in [-0.2, -0.15) is 0 Å². The fourth-order valence-corrected chi connectivity index (χ4v) is 5.16. The zero-order valence-electron chi connectivity index (χ0n) is 15.8. The number of ether oxygens (including phenoxy) is 1. The van der Waals surface area contributed by atoms with E-state index in [2.05, 4.69) is 4.90 Å². The van der Waals surface area contributed by atoms with Crippen molar-refractivity contribution in [3.8, 4) is 0 Å². The summed E-state index contributed by atoms with van der Waals surface area (Å²) < 4.78 is 5.30. The normalized spacial score (nSPS) is 27.0. The third-order valence-corrected chi connectivity index (χ3v) is 6.97. The van der Waals surface area contributed by atoms with E-state index < -0.39 is 11.4 Å². The Kier molecular flexibility index (Phi) is 4.88. The van der Waals surface area contributed by atoms with Gasteiger partial charge in [0.2, 0.25) is 11.8 Å². The Labute approximate surface area is 159 Å². The molecule has 0 unspecified atom stereocenters. The van der Waals surface area contributed by atoms with Gasteiger partial charge in [0.05, 0.1) is 19.8 Å². The molecule has 1 spiro atoms. The Bertz CT molecular complexity index is 611. The third-order valence-electron chi connectivity index (χ3n) is 6.97. The first-order chi connectivity index (χ1) is 12.9. The van der Waals surface area contributed by atoms with Crippen molar-refractivity contribution in [2.45, 2.75) is 32.1 Å². The lowest BCUT2D eigenvalue weighted by Gasteiger charge is -2.59. The van der Waals surface area contributed by atoms with Crippen molar-refractivity contribution in [2.24, 2.45) is 10.8 Å². The van der Waals surface area contributed by atoms with Gasteiger partial charge < -0.3 is 19.6 Å². The van der Waals surface area contributed by atoms with E-state index in [1.165, 1.54) is 0 Å². The molecule has 27 heavy (non-hydrogen) atoms. The van der Waals surface area contributed by atoms with Crippen molar-refractivity contribution in [1.82, 2.24) is 14.7 Å². The summed E-state index contributed by atoms with van der Waals surface area (Å²) in [5.74, 6) is -1.14. The van der Waals surface area contributed by atoms with Crippen molar-refractivity contribution < 1.29 is 24.2 Å². The smallest absolute Gasteiger partial charge is 0.319 e. The summed E-state index contributed by atoms with van der Waals surface area (Å²) in [6, 6.07) is 0. The second-order valence-electron chi connectivity index (χ2n) is 8.66. The van der Waals surface area contributed by atoms with E-state index in [1.807, 2.05) is 0 Å². The molecular formula is C19H29N3O5. The number of carboxylic acids is 1. The molecule has 8 nitrogen and oxygen atoms in total. The molecule has 2 aliphatic heterocycles. The Balaban J connectivity index is 1.30. The minimum atomic E-state index is -1.22. The maximum absolute atomic E-state index is 13.0. The van der Waals surface area contributed by atoms with Crippen molar-refractivity contribution in [3.63, 3.8) is 0 Å². The van der Waals surface area contributed by atoms with Crippen LogP contribution in [0, 0.1) is 10.8 Å². The summed E-state index contributed by atoms with van der Waals surface area (Å²) in [5.41, 5.74) is -1.11. The molecule has 0 aromatic rings. The number of hydrogen-bond donors (Lipinski definition) is 1. The molecule has 0 atom stereocenters. The molecule has 4 rings (SSSR count). The average molecular weight is 379 g/mol. The summed E-state index contributed by atoms with van der Waals surface area (Å²) in [4.78, 5) is 42.9. The predicted molar refractivity (Wildman–Crippen MR) is 96.0 cm³/mol. The predicted octanol–water partition coefficient (Wildman–Crippen LogP) is 0.0245. The summed E-state index contributed by atoms with van der Waals surface area (Å²) >= 11 is 0. The van der Waals surface area contributed by atoms with Crippen LogP contribution in [0.2, 0.25) is 0 Å².